The SMILES string of the molecule is CCOC(=O)c1cc(-c2ccccc2F)[nH]c1Cl. The van der Waals surface area contributed by atoms with Crippen LogP contribution in [0, 0.1) is 5.82 Å². The first kappa shape index (κ1) is 12.6. The Bertz CT molecular complexity index is 580. The minimum atomic E-state index is -0.527. The lowest BCUT2D eigenvalue weighted by Gasteiger charge is -1.99. The Hall–Kier alpha value is -1.81. The topological polar surface area (TPSA) is 42.1 Å². The molecule has 1 N–H and O–H groups in total. The highest BCUT2D eigenvalue weighted by molar-refractivity contribution is 6.32. The number of benzene rings is 1. The lowest BCUT2D eigenvalue weighted by molar-refractivity contribution is 0.0527. The molecule has 0 aliphatic carbocycles. The van der Waals surface area contributed by atoms with Crippen LogP contribution in [-0.4, -0.2) is 17.6 Å². The first-order valence-electron chi connectivity index (χ1n) is 5.44. The molecule has 0 unspecified atom stereocenters. The summed E-state index contributed by atoms with van der Waals surface area (Å²) in [6.07, 6.45) is 0. The van der Waals surface area contributed by atoms with E-state index in [4.69, 9.17) is 16.3 Å². The Morgan fingerprint density at radius 3 is 2.83 bits per heavy atom. The minimum absolute atomic E-state index is 0.145. The summed E-state index contributed by atoms with van der Waals surface area (Å²) in [6.45, 7) is 1.96. The Balaban J connectivity index is 2.41. The number of esters is 1. The molecule has 94 valence electrons. The van der Waals surface area contributed by atoms with Crippen LogP contribution in [0.4, 0.5) is 4.39 Å². The van der Waals surface area contributed by atoms with E-state index < -0.39 is 5.97 Å². The molecule has 3 nitrogen and oxygen atoms in total. The lowest BCUT2D eigenvalue weighted by Crippen LogP contribution is -2.03. The van der Waals surface area contributed by atoms with Gasteiger partial charge < -0.3 is 9.72 Å². The smallest absolute Gasteiger partial charge is 0.341 e. The summed E-state index contributed by atoms with van der Waals surface area (Å²) >= 11 is 5.90. The minimum Gasteiger partial charge on any atom is -0.462 e. The van der Waals surface area contributed by atoms with Gasteiger partial charge in [-0.1, -0.05) is 23.7 Å². The molecule has 0 aliphatic rings. The molecule has 1 aromatic carbocycles. The zero-order valence-corrected chi connectivity index (χ0v) is 10.4. The number of hydrogen-bond acceptors (Lipinski definition) is 2. The molecule has 1 aromatic heterocycles. The van der Waals surface area contributed by atoms with Crippen molar-refractivity contribution in [2.45, 2.75) is 6.92 Å². The van der Waals surface area contributed by atoms with Gasteiger partial charge in [-0.2, -0.15) is 0 Å². The second-order valence-corrected chi connectivity index (χ2v) is 3.99. The summed E-state index contributed by atoms with van der Waals surface area (Å²) in [5.74, 6) is -0.910. The predicted octanol–water partition coefficient (Wildman–Crippen LogP) is 3.65. The van der Waals surface area contributed by atoms with Crippen molar-refractivity contribution in [3.63, 3.8) is 0 Å². The number of aromatic amines is 1. The third-order valence-corrected chi connectivity index (χ3v) is 2.73. The van der Waals surface area contributed by atoms with Crippen molar-refractivity contribution in [2.75, 3.05) is 6.61 Å². The molecule has 2 rings (SSSR count). The molecule has 1 heterocycles. The molecule has 0 spiro atoms. The van der Waals surface area contributed by atoms with E-state index in [1.54, 1.807) is 25.1 Å². The quantitative estimate of drug-likeness (QED) is 0.863. The molecule has 0 fully saturated rings. The number of nitrogens with one attached hydrogen (secondary N) is 1. The van der Waals surface area contributed by atoms with E-state index >= 15 is 0 Å². The summed E-state index contributed by atoms with van der Waals surface area (Å²) in [6, 6.07) is 7.73. The van der Waals surface area contributed by atoms with Crippen LogP contribution in [-0.2, 0) is 4.74 Å². The lowest BCUT2D eigenvalue weighted by atomic mass is 10.1. The maximum Gasteiger partial charge on any atom is 0.341 e. The highest BCUT2D eigenvalue weighted by Gasteiger charge is 2.17. The van der Waals surface area contributed by atoms with Gasteiger partial charge in [0, 0.05) is 5.56 Å². The largest absolute Gasteiger partial charge is 0.462 e. The molecular weight excluding hydrogens is 257 g/mol. The number of rotatable bonds is 3. The highest BCUT2D eigenvalue weighted by Crippen LogP contribution is 2.27. The fraction of sp³-hybridized carbons (Fsp3) is 0.154. The van der Waals surface area contributed by atoms with Crippen molar-refractivity contribution < 1.29 is 13.9 Å². The zero-order valence-electron chi connectivity index (χ0n) is 9.67. The van der Waals surface area contributed by atoms with Gasteiger partial charge in [-0.15, -0.1) is 0 Å². The van der Waals surface area contributed by atoms with Crippen molar-refractivity contribution >= 4 is 17.6 Å². The molecule has 0 bridgehead atoms. The van der Waals surface area contributed by atoms with Crippen LogP contribution >= 0.6 is 11.6 Å². The molecule has 0 saturated carbocycles. The van der Waals surface area contributed by atoms with Gasteiger partial charge in [0.1, 0.15) is 11.0 Å². The first-order chi connectivity index (χ1) is 8.63. The van der Waals surface area contributed by atoms with Crippen molar-refractivity contribution in [1.82, 2.24) is 4.98 Å². The maximum atomic E-state index is 13.6. The summed E-state index contributed by atoms with van der Waals surface area (Å²) in [4.78, 5) is 14.3. The Morgan fingerprint density at radius 1 is 1.44 bits per heavy atom. The highest BCUT2D eigenvalue weighted by atomic mass is 35.5. The second kappa shape index (κ2) is 5.23. The van der Waals surface area contributed by atoms with Crippen molar-refractivity contribution in [2.24, 2.45) is 0 Å². The van der Waals surface area contributed by atoms with Crippen molar-refractivity contribution in [1.29, 1.82) is 0 Å². The number of H-pyrrole nitrogens is 1. The number of carbonyl (C=O) groups is 1. The van der Waals surface area contributed by atoms with Gasteiger partial charge in [0.25, 0.3) is 0 Å². The van der Waals surface area contributed by atoms with E-state index in [0.717, 1.165) is 0 Å². The van der Waals surface area contributed by atoms with Gasteiger partial charge in [0.15, 0.2) is 0 Å². The van der Waals surface area contributed by atoms with Crippen LogP contribution in [0.25, 0.3) is 11.3 Å². The molecule has 5 heteroatoms. The van der Waals surface area contributed by atoms with Gasteiger partial charge in [-0.3, -0.25) is 0 Å². The number of carbonyl (C=O) groups excluding carboxylic acids is 1. The summed E-state index contributed by atoms with van der Waals surface area (Å²) in [7, 11) is 0. The molecular formula is C13H11ClFNO2. The van der Waals surface area contributed by atoms with E-state index in [-0.39, 0.29) is 23.1 Å². The summed E-state index contributed by atoms with van der Waals surface area (Å²) < 4.78 is 18.4. The molecule has 2 aromatic rings. The van der Waals surface area contributed by atoms with E-state index in [1.807, 2.05) is 0 Å². The van der Waals surface area contributed by atoms with Crippen LogP contribution in [0.1, 0.15) is 17.3 Å². The molecule has 0 radical (unpaired) electrons. The fourth-order valence-electron chi connectivity index (χ4n) is 1.61. The normalized spacial score (nSPS) is 10.4. The third kappa shape index (κ3) is 2.38. The summed E-state index contributed by atoms with van der Waals surface area (Å²) in [5.41, 5.74) is 1.01. The van der Waals surface area contributed by atoms with Crippen molar-refractivity contribution in [3.05, 3.63) is 46.9 Å². The van der Waals surface area contributed by atoms with Gasteiger partial charge in [-0.05, 0) is 25.1 Å². The molecule has 18 heavy (non-hydrogen) atoms. The Kier molecular flexibility index (Phi) is 3.67. The van der Waals surface area contributed by atoms with Crippen LogP contribution in [0.15, 0.2) is 30.3 Å². The zero-order chi connectivity index (χ0) is 13.1. The van der Waals surface area contributed by atoms with E-state index in [1.165, 1.54) is 12.1 Å². The average molecular weight is 268 g/mol. The molecule has 0 amide bonds. The first-order valence-corrected chi connectivity index (χ1v) is 5.81. The number of halogens is 2. The van der Waals surface area contributed by atoms with Gasteiger partial charge in [0.05, 0.1) is 17.9 Å². The average Bonchev–Trinajstić information content (AvgIpc) is 2.72. The van der Waals surface area contributed by atoms with Gasteiger partial charge in [-0.25, -0.2) is 9.18 Å². The molecule has 0 saturated heterocycles. The van der Waals surface area contributed by atoms with E-state index in [0.29, 0.717) is 11.3 Å². The number of hydrogen-bond donors (Lipinski definition) is 1. The van der Waals surface area contributed by atoms with Crippen molar-refractivity contribution in [3.8, 4) is 11.3 Å². The van der Waals surface area contributed by atoms with E-state index in [2.05, 4.69) is 4.98 Å². The second-order valence-electron chi connectivity index (χ2n) is 3.61. The summed E-state index contributed by atoms with van der Waals surface area (Å²) in [5, 5.41) is 0.145. The maximum absolute atomic E-state index is 13.6. The monoisotopic (exact) mass is 267 g/mol. The Labute approximate surface area is 109 Å². The standard InChI is InChI=1S/C13H11ClFNO2/c1-2-18-13(17)9-7-11(16-12(9)14)8-5-3-4-6-10(8)15/h3-7,16H,2H2,1H3. The van der Waals surface area contributed by atoms with E-state index in [9.17, 15) is 9.18 Å². The molecule has 0 atom stereocenters. The predicted molar refractivity (Wildman–Crippen MR) is 67.2 cm³/mol. The van der Waals surface area contributed by atoms with Crippen LogP contribution in [0.3, 0.4) is 0 Å². The fourth-order valence-corrected chi connectivity index (χ4v) is 1.84. The number of ether oxygens (including phenoxy) is 1. The molecule has 0 aliphatic heterocycles. The van der Waals surface area contributed by atoms with Gasteiger partial charge >= 0.3 is 5.97 Å². The van der Waals surface area contributed by atoms with Crippen LogP contribution < -0.4 is 0 Å². The van der Waals surface area contributed by atoms with Gasteiger partial charge in [0.2, 0.25) is 0 Å². The van der Waals surface area contributed by atoms with Crippen LogP contribution in [0.2, 0.25) is 5.15 Å². The third-order valence-electron chi connectivity index (χ3n) is 2.43. The van der Waals surface area contributed by atoms with Crippen LogP contribution in [0.5, 0.6) is 0 Å². The Morgan fingerprint density at radius 2 is 2.17 bits per heavy atom. The number of aromatic nitrogens is 1.